The topological polar surface area (TPSA) is 64.3 Å². The smallest absolute Gasteiger partial charge is 0.159 e. The lowest BCUT2D eigenvalue weighted by molar-refractivity contribution is 0.265. The van der Waals surface area contributed by atoms with Crippen molar-refractivity contribution in [1.82, 2.24) is 20.0 Å². The van der Waals surface area contributed by atoms with Crippen LogP contribution in [0.25, 0.3) is 11.4 Å². The van der Waals surface area contributed by atoms with Gasteiger partial charge in [-0.1, -0.05) is 5.16 Å². The van der Waals surface area contributed by atoms with Crippen molar-refractivity contribution in [2.75, 3.05) is 14.2 Å². The van der Waals surface area contributed by atoms with Crippen LogP contribution in [0, 0.1) is 6.92 Å². The zero-order valence-electron chi connectivity index (χ0n) is 14.1. The maximum atomic E-state index is 5.24. The molecule has 6 nitrogen and oxygen atoms in total. The summed E-state index contributed by atoms with van der Waals surface area (Å²) >= 11 is 0. The molecule has 0 radical (unpaired) electrons. The molecule has 6 heteroatoms. The van der Waals surface area contributed by atoms with Crippen LogP contribution >= 0.6 is 0 Å². The Labute approximate surface area is 141 Å². The molecule has 0 aliphatic carbocycles. The van der Waals surface area contributed by atoms with Crippen molar-refractivity contribution >= 4 is 0 Å². The molecule has 0 saturated carbocycles. The van der Waals surface area contributed by atoms with Crippen molar-refractivity contribution in [3.63, 3.8) is 0 Å². The monoisotopic (exact) mass is 324 g/mol. The molecule has 0 aliphatic heterocycles. The molecule has 0 unspecified atom stereocenters. The summed E-state index contributed by atoms with van der Waals surface area (Å²) in [5.74, 6) is 2.38. The first-order valence-electron chi connectivity index (χ1n) is 7.70. The number of aromatic nitrogens is 3. The van der Waals surface area contributed by atoms with Gasteiger partial charge in [-0.2, -0.15) is 0 Å². The molecule has 0 aliphatic rings. The fraction of sp³-hybridized carbons (Fsp3) is 0.278. The van der Waals surface area contributed by atoms with Gasteiger partial charge < -0.3 is 9.26 Å². The lowest BCUT2D eigenvalue weighted by Gasteiger charge is -2.14. The third kappa shape index (κ3) is 3.97. The highest BCUT2D eigenvalue weighted by molar-refractivity contribution is 5.55. The summed E-state index contributed by atoms with van der Waals surface area (Å²) in [5.41, 5.74) is 2.91. The largest absolute Gasteiger partial charge is 0.497 e. The van der Waals surface area contributed by atoms with E-state index < -0.39 is 0 Å². The molecule has 124 valence electrons. The van der Waals surface area contributed by atoms with Gasteiger partial charge in [0.1, 0.15) is 5.75 Å². The highest BCUT2D eigenvalue weighted by Crippen LogP contribution is 2.19. The van der Waals surface area contributed by atoms with Gasteiger partial charge >= 0.3 is 0 Å². The van der Waals surface area contributed by atoms with E-state index in [9.17, 15) is 0 Å². The predicted molar refractivity (Wildman–Crippen MR) is 90.4 cm³/mol. The van der Waals surface area contributed by atoms with Crippen LogP contribution in [0.5, 0.6) is 5.75 Å². The van der Waals surface area contributed by atoms with Crippen molar-refractivity contribution in [3.8, 4) is 17.1 Å². The molecule has 0 bridgehead atoms. The number of methoxy groups -OCH3 is 1. The number of rotatable bonds is 6. The summed E-state index contributed by atoms with van der Waals surface area (Å²) in [7, 11) is 3.67. The van der Waals surface area contributed by atoms with Gasteiger partial charge in [-0.25, -0.2) is 9.97 Å². The van der Waals surface area contributed by atoms with E-state index in [1.54, 1.807) is 7.11 Å². The van der Waals surface area contributed by atoms with E-state index >= 15 is 0 Å². The minimum Gasteiger partial charge on any atom is -0.497 e. The molecule has 2 heterocycles. The molecule has 1 aromatic carbocycles. The van der Waals surface area contributed by atoms with Gasteiger partial charge in [-0.05, 0) is 38.2 Å². The molecule has 0 fully saturated rings. The Bertz CT molecular complexity index is 782. The third-order valence-electron chi connectivity index (χ3n) is 3.61. The molecular formula is C18H20N4O2. The van der Waals surface area contributed by atoms with Crippen LogP contribution in [0.15, 0.2) is 47.2 Å². The minimum absolute atomic E-state index is 0.696. The van der Waals surface area contributed by atoms with Crippen LogP contribution in [0.2, 0.25) is 0 Å². The van der Waals surface area contributed by atoms with E-state index in [4.69, 9.17) is 9.26 Å². The Morgan fingerprint density at radius 1 is 1.08 bits per heavy atom. The number of nitrogens with zero attached hydrogens (tertiary/aromatic N) is 4. The number of hydrogen-bond donors (Lipinski definition) is 0. The Hall–Kier alpha value is -2.73. The number of aryl methyl sites for hydroxylation is 1. The first kappa shape index (κ1) is 16.1. The lowest BCUT2D eigenvalue weighted by atomic mass is 10.2. The van der Waals surface area contributed by atoms with Gasteiger partial charge in [0, 0.05) is 36.1 Å². The summed E-state index contributed by atoms with van der Waals surface area (Å²) < 4.78 is 10.4. The molecule has 2 aromatic heterocycles. The second-order valence-electron chi connectivity index (χ2n) is 5.75. The SMILES string of the molecule is COc1ccc(-c2ncc(CN(C)Cc3cc(C)no3)cn2)cc1. The van der Waals surface area contributed by atoms with Crippen molar-refractivity contribution in [2.45, 2.75) is 20.0 Å². The van der Waals surface area contributed by atoms with Crippen molar-refractivity contribution in [3.05, 3.63) is 59.7 Å². The first-order chi connectivity index (χ1) is 11.6. The Kier molecular flexibility index (Phi) is 4.86. The normalized spacial score (nSPS) is 11.0. The Morgan fingerprint density at radius 3 is 2.38 bits per heavy atom. The standard InChI is InChI=1S/C18H20N4O2/c1-13-8-17(24-21-13)12-22(2)11-14-9-19-18(20-10-14)15-4-6-16(23-3)7-5-15/h4-10H,11-12H2,1-3H3. The van der Waals surface area contributed by atoms with Gasteiger partial charge in [0.05, 0.1) is 19.3 Å². The van der Waals surface area contributed by atoms with Gasteiger partial charge in [0.2, 0.25) is 0 Å². The highest BCUT2D eigenvalue weighted by Gasteiger charge is 2.08. The average molecular weight is 324 g/mol. The van der Waals surface area contributed by atoms with E-state index in [1.165, 1.54) is 0 Å². The van der Waals surface area contributed by atoms with Crippen molar-refractivity contribution < 1.29 is 9.26 Å². The van der Waals surface area contributed by atoms with Crippen LogP contribution < -0.4 is 4.74 Å². The fourth-order valence-corrected chi connectivity index (χ4v) is 2.45. The Morgan fingerprint density at radius 2 is 1.79 bits per heavy atom. The predicted octanol–water partition coefficient (Wildman–Crippen LogP) is 3.08. The fourth-order valence-electron chi connectivity index (χ4n) is 2.45. The number of benzene rings is 1. The lowest BCUT2D eigenvalue weighted by Crippen LogP contribution is -2.17. The van der Waals surface area contributed by atoms with Gasteiger partial charge in [0.15, 0.2) is 11.6 Å². The maximum Gasteiger partial charge on any atom is 0.159 e. The third-order valence-corrected chi connectivity index (χ3v) is 3.61. The molecule has 0 saturated heterocycles. The van der Waals surface area contributed by atoms with Crippen LogP contribution in [-0.2, 0) is 13.1 Å². The van der Waals surface area contributed by atoms with E-state index in [2.05, 4.69) is 20.0 Å². The van der Waals surface area contributed by atoms with Crippen molar-refractivity contribution in [2.24, 2.45) is 0 Å². The van der Waals surface area contributed by atoms with Gasteiger partial charge in [0.25, 0.3) is 0 Å². The number of ether oxygens (including phenoxy) is 1. The highest BCUT2D eigenvalue weighted by atomic mass is 16.5. The minimum atomic E-state index is 0.696. The second-order valence-corrected chi connectivity index (χ2v) is 5.75. The van der Waals surface area contributed by atoms with Gasteiger partial charge in [-0.15, -0.1) is 0 Å². The molecule has 24 heavy (non-hydrogen) atoms. The summed E-state index contributed by atoms with van der Waals surface area (Å²) in [6.45, 7) is 3.35. The van der Waals surface area contributed by atoms with E-state index in [1.807, 2.05) is 56.7 Å². The second kappa shape index (κ2) is 7.23. The van der Waals surface area contributed by atoms with Crippen molar-refractivity contribution in [1.29, 1.82) is 0 Å². The van der Waals surface area contributed by atoms with Crippen LogP contribution in [0.1, 0.15) is 17.0 Å². The summed E-state index contributed by atoms with van der Waals surface area (Å²) in [4.78, 5) is 11.0. The zero-order valence-corrected chi connectivity index (χ0v) is 14.1. The quantitative estimate of drug-likeness (QED) is 0.694. The summed E-state index contributed by atoms with van der Waals surface area (Å²) in [5, 5.41) is 3.90. The van der Waals surface area contributed by atoms with E-state index in [0.29, 0.717) is 12.4 Å². The maximum absolute atomic E-state index is 5.24. The Balaban J connectivity index is 1.63. The molecule has 0 spiro atoms. The molecule has 3 rings (SSSR count). The summed E-state index contributed by atoms with van der Waals surface area (Å²) in [6.07, 6.45) is 3.71. The zero-order chi connectivity index (χ0) is 16.9. The first-order valence-corrected chi connectivity index (χ1v) is 7.70. The van der Waals surface area contributed by atoms with Gasteiger partial charge in [-0.3, -0.25) is 4.90 Å². The number of hydrogen-bond acceptors (Lipinski definition) is 6. The molecule has 3 aromatic rings. The molecule has 0 N–H and O–H groups in total. The summed E-state index contributed by atoms with van der Waals surface area (Å²) in [6, 6.07) is 9.65. The van der Waals surface area contributed by atoms with Crippen LogP contribution in [-0.4, -0.2) is 34.2 Å². The average Bonchev–Trinajstić information content (AvgIpc) is 3.00. The van der Waals surface area contributed by atoms with E-state index in [0.717, 1.165) is 34.9 Å². The molecule has 0 amide bonds. The van der Waals surface area contributed by atoms with E-state index in [-0.39, 0.29) is 0 Å². The molecular weight excluding hydrogens is 304 g/mol. The van der Waals surface area contributed by atoms with Crippen LogP contribution in [0.3, 0.4) is 0 Å². The molecule has 0 atom stereocenters. The van der Waals surface area contributed by atoms with Crippen LogP contribution in [0.4, 0.5) is 0 Å².